The number of urea groups is 1. The van der Waals surface area contributed by atoms with E-state index in [2.05, 4.69) is 24.1 Å². The largest absolute Gasteiger partial charge is 0.480 e. The summed E-state index contributed by atoms with van der Waals surface area (Å²) in [5.41, 5.74) is 0. The lowest BCUT2D eigenvalue weighted by Crippen LogP contribution is -2.60. The number of likely N-dealkylation sites (N-methyl/N-ethyl adjacent to an activating group) is 1. The molecule has 1 aliphatic rings. The maximum atomic E-state index is 12.1. The lowest BCUT2D eigenvalue weighted by atomic mass is 10.0. The molecule has 0 radical (unpaired) electrons. The van der Waals surface area contributed by atoms with E-state index in [0.29, 0.717) is 13.1 Å². The smallest absolute Gasteiger partial charge is 0.326 e. The summed E-state index contributed by atoms with van der Waals surface area (Å²) in [6, 6.07) is -0.570. The van der Waals surface area contributed by atoms with Gasteiger partial charge in [-0.15, -0.1) is 0 Å². The maximum Gasteiger partial charge on any atom is 0.326 e. The van der Waals surface area contributed by atoms with Crippen LogP contribution in [0.4, 0.5) is 4.79 Å². The third kappa shape index (κ3) is 3.83. The molecule has 1 fully saturated rings. The highest BCUT2D eigenvalue weighted by Crippen LogP contribution is 2.14. The fourth-order valence-corrected chi connectivity index (χ4v) is 2.31. The first kappa shape index (κ1) is 15.8. The second-order valence-electron chi connectivity index (χ2n) is 5.78. The summed E-state index contributed by atoms with van der Waals surface area (Å²) in [7, 11) is 2.04. The van der Waals surface area contributed by atoms with Crippen LogP contribution in [0.5, 0.6) is 0 Å². The molecule has 19 heavy (non-hydrogen) atoms. The number of hydrogen-bond acceptors (Lipinski definition) is 3. The zero-order valence-electron chi connectivity index (χ0n) is 12.4. The number of aliphatic carboxylic acids is 1. The minimum atomic E-state index is -0.987. The van der Waals surface area contributed by atoms with Crippen LogP contribution in [0.3, 0.4) is 0 Å². The molecule has 0 aromatic heterocycles. The van der Waals surface area contributed by atoms with Crippen LogP contribution < -0.4 is 5.32 Å². The molecule has 0 saturated carbocycles. The Balaban J connectivity index is 2.65. The molecule has 0 spiro atoms. The Bertz CT molecular complexity index is 334. The molecule has 1 heterocycles. The van der Waals surface area contributed by atoms with E-state index < -0.39 is 12.0 Å². The molecule has 110 valence electrons. The van der Waals surface area contributed by atoms with Crippen molar-refractivity contribution in [1.29, 1.82) is 0 Å². The SMILES string of the molecule is CC(C)[C@H](NC(=O)N1CC(C)N(C)C(C)C1)C(=O)O. The van der Waals surface area contributed by atoms with E-state index in [1.807, 2.05) is 7.05 Å². The van der Waals surface area contributed by atoms with Crippen molar-refractivity contribution in [2.75, 3.05) is 20.1 Å². The average molecular weight is 271 g/mol. The van der Waals surface area contributed by atoms with Gasteiger partial charge in [-0.1, -0.05) is 13.8 Å². The predicted octanol–water partition coefficient (Wildman–Crippen LogP) is 0.830. The van der Waals surface area contributed by atoms with Gasteiger partial charge in [0.15, 0.2) is 0 Å². The van der Waals surface area contributed by atoms with Crippen molar-refractivity contribution >= 4 is 12.0 Å². The molecular weight excluding hydrogens is 246 g/mol. The van der Waals surface area contributed by atoms with Crippen molar-refractivity contribution in [1.82, 2.24) is 15.1 Å². The molecular formula is C13H25N3O3. The fourth-order valence-electron chi connectivity index (χ4n) is 2.31. The first-order valence-corrected chi connectivity index (χ1v) is 6.74. The van der Waals surface area contributed by atoms with Crippen LogP contribution in [-0.4, -0.2) is 65.2 Å². The quantitative estimate of drug-likeness (QED) is 0.797. The monoisotopic (exact) mass is 271 g/mol. The number of nitrogens with one attached hydrogen (secondary N) is 1. The van der Waals surface area contributed by atoms with Crippen molar-refractivity contribution in [2.45, 2.75) is 45.8 Å². The van der Waals surface area contributed by atoms with Crippen molar-refractivity contribution in [3.05, 3.63) is 0 Å². The summed E-state index contributed by atoms with van der Waals surface area (Å²) in [6.07, 6.45) is 0. The number of carboxylic acid groups (broad SMARTS) is 1. The maximum absolute atomic E-state index is 12.1. The molecule has 6 nitrogen and oxygen atoms in total. The van der Waals surface area contributed by atoms with E-state index in [1.165, 1.54) is 0 Å². The molecule has 2 N–H and O–H groups in total. The number of piperazine rings is 1. The Kier molecular flexibility index (Phi) is 5.17. The predicted molar refractivity (Wildman–Crippen MR) is 73.1 cm³/mol. The van der Waals surface area contributed by atoms with Crippen LogP contribution in [0, 0.1) is 5.92 Å². The number of carboxylic acids is 1. The number of hydrogen-bond donors (Lipinski definition) is 2. The summed E-state index contributed by atoms with van der Waals surface area (Å²) < 4.78 is 0. The van der Waals surface area contributed by atoms with Gasteiger partial charge in [0, 0.05) is 25.2 Å². The van der Waals surface area contributed by atoms with Crippen molar-refractivity contribution in [2.24, 2.45) is 5.92 Å². The normalized spacial score (nSPS) is 26.3. The first-order chi connectivity index (χ1) is 8.73. The van der Waals surface area contributed by atoms with Gasteiger partial charge < -0.3 is 15.3 Å². The standard InChI is InChI=1S/C13H25N3O3/c1-8(2)11(12(17)18)14-13(19)16-6-9(3)15(5)10(4)7-16/h8-11H,6-7H2,1-5H3,(H,14,19)(H,17,18)/t9?,10?,11-/m0/s1. The molecule has 0 aromatic rings. The average Bonchev–Trinajstić information content (AvgIpc) is 2.31. The number of carbonyl (C=O) groups is 2. The summed E-state index contributed by atoms with van der Waals surface area (Å²) in [6.45, 7) is 8.94. The van der Waals surface area contributed by atoms with Gasteiger partial charge in [-0.3, -0.25) is 4.90 Å². The van der Waals surface area contributed by atoms with Crippen molar-refractivity contribution in [3.63, 3.8) is 0 Å². The van der Waals surface area contributed by atoms with Gasteiger partial charge in [-0.25, -0.2) is 9.59 Å². The second-order valence-corrected chi connectivity index (χ2v) is 5.78. The highest BCUT2D eigenvalue weighted by Gasteiger charge is 2.32. The second kappa shape index (κ2) is 6.23. The minimum absolute atomic E-state index is 0.135. The van der Waals surface area contributed by atoms with Gasteiger partial charge >= 0.3 is 12.0 Å². The minimum Gasteiger partial charge on any atom is -0.480 e. The molecule has 0 aromatic carbocycles. The van der Waals surface area contributed by atoms with Crippen LogP contribution in [-0.2, 0) is 4.79 Å². The lowest BCUT2D eigenvalue weighted by Gasteiger charge is -2.42. The van der Waals surface area contributed by atoms with Crippen LogP contribution >= 0.6 is 0 Å². The van der Waals surface area contributed by atoms with Crippen molar-refractivity contribution < 1.29 is 14.7 Å². The number of nitrogens with zero attached hydrogens (tertiary/aromatic N) is 2. The van der Waals surface area contributed by atoms with Gasteiger partial charge in [0.1, 0.15) is 6.04 Å². The third-order valence-electron chi connectivity index (χ3n) is 3.86. The van der Waals surface area contributed by atoms with Gasteiger partial charge in [-0.05, 0) is 26.8 Å². The Morgan fingerprint density at radius 2 is 1.68 bits per heavy atom. The van der Waals surface area contributed by atoms with E-state index in [9.17, 15) is 9.59 Å². The Morgan fingerprint density at radius 3 is 2.05 bits per heavy atom. The molecule has 6 heteroatoms. The number of rotatable bonds is 3. The molecule has 0 bridgehead atoms. The van der Waals surface area contributed by atoms with E-state index in [1.54, 1.807) is 18.7 Å². The zero-order valence-corrected chi connectivity index (χ0v) is 12.4. The van der Waals surface area contributed by atoms with E-state index in [0.717, 1.165) is 0 Å². The topological polar surface area (TPSA) is 72.9 Å². The van der Waals surface area contributed by atoms with E-state index in [4.69, 9.17) is 5.11 Å². The van der Waals surface area contributed by atoms with Crippen molar-refractivity contribution in [3.8, 4) is 0 Å². The van der Waals surface area contributed by atoms with Gasteiger partial charge in [0.05, 0.1) is 0 Å². The van der Waals surface area contributed by atoms with Crippen LogP contribution in [0.15, 0.2) is 0 Å². The number of carbonyl (C=O) groups excluding carboxylic acids is 1. The Morgan fingerprint density at radius 1 is 1.21 bits per heavy atom. The Labute approximate surface area is 114 Å². The summed E-state index contributed by atoms with van der Waals surface area (Å²) >= 11 is 0. The number of amides is 2. The van der Waals surface area contributed by atoms with Gasteiger partial charge in [-0.2, -0.15) is 0 Å². The molecule has 0 aliphatic carbocycles. The molecule has 2 unspecified atom stereocenters. The summed E-state index contributed by atoms with van der Waals surface area (Å²) in [5, 5.41) is 11.7. The van der Waals surface area contributed by atoms with E-state index >= 15 is 0 Å². The van der Waals surface area contributed by atoms with Gasteiger partial charge in [0.2, 0.25) is 0 Å². The third-order valence-corrected chi connectivity index (χ3v) is 3.86. The summed E-state index contributed by atoms with van der Waals surface area (Å²) in [4.78, 5) is 27.2. The Hall–Kier alpha value is -1.30. The van der Waals surface area contributed by atoms with Crippen LogP contribution in [0.25, 0.3) is 0 Å². The highest BCUT2D eigenvalue weighted by atomic mass is 16.4. The highest BCUT2D eigenvalue weighted by molar-refractivity contribution is 5.82. The van der Waals surface area contributed by atoms with Crippen LogP contribution in [0.1, 0.15) is 27.7 Å². The molecule has 1 rings (SSSR count). The fraction of sp³-hybridized carbons (Fsp3) is 0.846. The zero-order chi connectivity index (χ0) is 14.7. The molecule has 1 saturated heterocycles. The lowest BCUT2D eigenvalue weighted by molar-refractivity contribution is -0.140. The van der Waals surface area contributed by atoms with E-state index in [-0.39, 0.29) is 24.0 Å². The molecule has 2 amide bonds. The van der Waals surface area contributed by atoms with Gasteiger partial charge in [0.25, 0.3) is 0 Å². The van der Waals surface area contributed by atoms with Crippen LogP contribution in [0.2, 0.25) is 0 Å². The molecule has 1 aliphatic heterocycles. The first-order valence-electron chi connectivity index (χ1n) is 6.74. The summed E-state index contributed by atoms with van der Waals surface area (Å²) in [5.74, 6) is -1.12. The molecule has 3 atom stereocenters.